The van der Waals surface area contributed by atoms with Gasteiger partial charge in [0.25, 0.3) is 0 Å². The third-order valence-corrected chi connectivity index (χ3v) is 13.2. The van der Waals surface area contributed by atoms with Gasteiger partial charge >= 0.3 is 0 Å². The fourth-order valence-corrected chi connectivity index (χ4v) is 10.6. The van der Waals surface area contributed by atoms with Crippen LogP contribution in [0.25, 0.3) is 91.5 Å². The van der Waals surface area contributed by atoms with Crippen molar-refractivity contribution in [2.24, 2.45) is 0 Å². The van der Waals surface area contributed by atoms with Gasteiger partial charge in [-0.3, -0.25) is 0 Å². The second kappa shape index (κ2) is 13.6. The number of nitrogens with zero attached hydrogens (tertiary/aromatic N) is 2. The van der Waals surface area contributed by atoms with E-state index in [4.69, 9.17) is 0 Å². The van der Waals surface area contributed by atoms with Crippen LogP contribution < -0.4 is 4.90 Å². The van der Waals surface area contributed by atoms with Crippen molar-refractivity contribution in [1.82, 2.24) is 4.57 Å². The molecular formula is C56H36N2S. The van der Waals surface area contributed by atoms with E-state index in [-0.39, 0.29) is 0 Å². The molecule has 0 aliphatic heterocycles. The Labute approximate surface area is 346 Å². The Balaban J connectivity index is 1.12. The molecule has 10 aromatic carbocycles. The van der Waals surface area contributed by atoms with Crippen molar-refractivity contribution in [3.63, 3.8) is 0 Å². The fourth-order valence-electron chi connectivity index (χ4n) is 9.37. The minimum absolute atomic E-state index is 1.10. The Morgan fingerprint density at radius 1 is 0.373 bits per heavy atom. The highest BCUT2D eigenvalue weighted by molar-refractivity contribution is 7.26. The van der Waals surface area contributed by atoms with E-state index in [1.807, 2.05) is 11.3 Å². The van der Waals surface area contributed by atoms with E-state index in [1.165, 1.54) is 85.8 Å². The number of rotatable bonds is 6. The van der Waals surface area contributed by atoms with E-state index in [2.05, 4.69) is 228 Å². The Hall–Kier alpha value is -7.46. The molecule has 2 aromatic heterocycles. The zero-order valence-corrected chi connectivity index (χ0v) is 32.9. The Morgan fingerprint density at radius 2 is 0.949 bits per heavy atom. The monoisotopic (exact) mass is 768 g/mol. The number of fused-ring (bicyclic) bond motifs is 9. The topological polar surface area (TPSA) is 8.17 Å². The molecule has 0 unspecified atom stereocenters. The molecule has 59 heavy (non-hydrogen) atoms. The van der Waals surface area contributed by atoms with Crippen LogP contribution in [0.5, 0.6) is 0 Å². The molecule has 276 valence electrons. The third kappa shape index (κ3) is 5.33. The highest BCUT2D eigenvalue weighted by Gasteiger charge is 2.25. The zero-order chi connectivity index (χ0) is 38.9. The second-order valence-corrected chi connectivity index (χ2v) is 16.3. The lowest BCUT2D eigenvalue weighted by Gasteiger charge is -2.29. The predicted molar refractivity (Wildman–Crippen MR) is 254 cm³/mol. The molecule has 2 nitrogen and oxygen atoms in total. The molecular weight excluding hydrogens is 733 g/mol. The average Bonchev–Trinajstić information content (AvgIpc) is 3.85. The van der Waals surface area contributed by atoms with Gasteiger partial charge in [0.2, 0.25) is 0 Å². The van der Waals surface area contributed by atoms with Gasteiger partial charge in [0.05, 0.1) is 22.4 Å². The van der Waals surface area contributed by atoms with Crippen LogP contribution in [0.3, 0.4) is 0 Å². The van der Waals surface area contributed by atoms with Crippen LogP contribution in [-0.2, 0) is 0 Å². The van der Waals surface area contributed by atoms with E-state index >= 15 is 0 Å². The van der Waals surface area contributed by atoms with Crippen molar-refractivity contribution < 1.29 is 0 Å². The summed E-state index contributed by atoms with van der Waals surface area (Å²) in [6.45, 7) is 0. The molecule has 12 rings (SSSR count). The Bertz CT molecular complexity index is 3500. The van der Waals surface area contributed by atoms with E-state index in [1.54, 1.807) is 0 Å². The van der Waals surface area contributed by atoms with Crippen LogP contribution >= 0.6 is 11.3 Å². The summed E-state index contributed by atoms with van der Waals surface area (Å²) in [6.07, 6.45) is 0. The third-order valence-electron chi connectivity index (χ3n) is 12.0. The summed E-state index contributed by atoms with van der Waals surface area (Å²) in [5.74, 6) is 0. The van der Waals surface area contributed by atoms with E-state index in [9.17, 15) is 0 Å². The molecule has 0 aliphatic carbocycles. The maximum absolute atomic E-state index is 2.46. The van der Waals surface area contributed by atoms with Crippen LogP contribution in [0.15, 0.2) is 218 Å². The summed E-state index contributed by atoms with van der Waals surface area (Å²) in [5, 5.41) is 10.1. The number of thiophene rings is 1. The van der Waals surface area contributed by atoms with E-state index in [0.717, 1.165) is 22.7 Å². The normalized spacial score (nSPS) is 11.7. The highest BCUT2D eigenvalue weighted by Crippen LogP contribution is 2.50. The van der Waals surface area contributed by atoms with Crippen LogP contribution in [0, 0.1) is 0 Å². The number of anilines is 3. The van der Waals surface area contributed by atoms with Gasteiger partial charge in [0.15, 0.2) is 0 Å². The lowest BCUT2D eigenvalue weighted by Crippen LogP contribution is -2.11. The van der Waals surface area contributed by atoms with Crippen LogP contribution in [0.1, 0.15) is 0 Å². The summed E-state index contributed by atoms with van der Waals surface area (Å²) in [7, 11) is 0. The number of hydrogen-bond acceptors (Lipinski definition) is 2. The standard InChI is InChI=1S/C56H36N2S/c1-2-17-39(18-3-1)57(40-32-30-37(31-33-40)49-36-38-16-4-5-19-41(38)42-20-6-7-21-43(42)49)53-35-34-47-46-24-11-15-29-54(46)59-56(47)55(53)48-25-10-14-28-52(48)58-50-26-12-8-22-44(50)45-23-9-13-27-51(45)58/h1-36H. The molecule has 0 N–H and O–H groups in total. The highest BCUT2D eigenvalue weighted by atomic mass is 32.1. The summed E-state index contributed by atoms with van der Waals surface area (Å²) >= 11 is 1.88. The molecule has 3 heteroatoms. The summed E-state index contributed by atoms with van der Waals surface area (Å²) < 4.78 is 5.02. The van der Waals surface area contributed by atoms with Crippen LogP contribution in [0.4, 0.5) is 17.1 Å². The van der Waals surface area contributed by atoms with Crippen molar-refractivity contribution in [1.29, 1.82) is 0 Å². The van der Waals surface area contributed by atoms with Gasteiger partial charge < -0.3 is 9.47 Å². The molecule has 0 saturated heterocycles. The van der Waals surface area contributed by atoms with Crippen LogP contribution in [-0.4, -0.2) is 4.57 Å². The number of para-hydroxylation sites is 4. The maximum atomic E-state index is 2.46. The number of aromatic nitrogens is 1. The van der Waals surface area contributed by atoms with E-state index < -0.39 is 0 Å². The van der Waals surface area contributed by atoms with Gasteiger partial charge in [-0.05, 0) is 93.3 Å². The molecule has 12 aromatic rings. The largest absolute Gasteiger partial charge is 0.310 e. The second-order valence-electron chi connectivity index (χ2n) is 15.2. The quantitative estimate of drug-likeness (QED) is 0.153. The maximum Gasteiger partial charge on any atom is 0.0555 e. The van der Waals surface area contributed by atoms with Crippen LogP contribution in [0.2, 0.25) is 0 Å². The summed E-state index contributed by atoms with van der Waals surface area (Å²) in [4.78, 5) is 2.45. The van der Waals surface area contributed by atoms with Gasteiger partial charge in [0, 0.05) is 53.4 Å². The van der Waals surface area contributed by atoms with Gasteiger partial charge in [-0.2, -0.15) is 0 Å². The number of hydrogen-bond donors (Lipinski definition) is 0. The minimum Gasteiger partial charge on any atom is -0.310 e. The predicted octanol–water partition coefficient (Wildman–Crippen LogP) is 16.3. The molecule has 0 atom stereocenters. The van der Waals surface area contributed by atoms with Gasteiger partial charge in [0.1, 0.15) is 0 Å². The molecule has 0 amide bonds. The Kier molecular flexibility index (Phi) is 7.75. The van der Waals surface area contributed by atoms with Crippen molar-refractivity contribution in [3.8, 4) is 27.9 Å². The fraction of sp³-hybridized carbons (Fsp3) is 0. The van der Waals surface area contributed by atoms with Gasteiger partial charge in [-0.1, -0.05) is 158 Å². The molecule has 0 radical (unpaired) electrons. The minimum atomic E-state index is 1.10. The average molecular weight is 769 g/mol. The first-order valence-electron chi connectivity index (χ1n) is 20.2. The first-order valence-corrected chi connectivity index (χ1v) is 21.0. The summed E-state index contributed by atoms with van der Waals surface area (Å²) in [6, 6.07) is 80.0. The van der Waals surface area contributed by atoms with Crippen molar-refractivity contribution in [2.75, 3.05) is 4.90 Å². The molecule has 2 heterocycles. The van der Waals surface area contributed by atoms with Crippen molar-refractivity contribution in [3.05, 3.63) is 218 Å². The smallest absolute Gasteiger partial charge is 0.0555 e. The molecule has 0 bridgehead atoms. The first kappa shape index (κ1) is 33.7. The number of benzene rings is 10. The lowest BCUT2D eigenvalue weighted by atomic mass is 9.93. The lowest BCUT2D eigenvalue weighted by molar-refractivity contribution is 1.18. The molecule has 0 aliphatic rings. The molecule has 0 fully saturated rings. The zero-order valence-electron chi connectivity index (χ0n) is 32.1. The van der Waals surface area contributed by atoms with Gasteiger partial charge in [-0.25, -0.2) is 0 Å². The molecule has 0 saturated carbocycles. The van der Waals surface area contributed by atoms with Crippen molar-refractivity contribution in [2.45, 2.75) is 0 Å². The van der Waals surface area contributed by atoms with Gasteiger partial charge in [-0.15, -0.1) is 11.3 Å². The SMILES string of the molecule is c1ccc(N(c2ccc(-c3cc4ccccc4c4ccccc34)cc2)c2ccc3c(sc4ccccc43)c2-c2ccccc2-n2c3ccccc3c3ccccc32)cc1. The van der Waals surface area contributed by atoms with E-state index in [0.29, 0.717) is 0 Å². The first-order chi connectivity index (χ1) is 29.3. The Morgan fingerprint density at radius 3 is 1.71 bits per heavy atom. The summed E-state index contributed by atoms with van der Waals surface area (Å²) in [5.41, 5.74) is 11.7. The molecule has 0 spiro atoms. The van der Waals surface area contributed by atoms with Crippen molar-refractivity contribution >= 4 is 91.9 Å².